The molecule has 2 unspecified atom stereocenters. The van der Waals surface area contributed by atoms with E-state index < -0.39 is 0 Å². The second-order valence-electron chi connectivity index (χ2n) is 8.82. The first-order valence-electron chi connectivity index (χ1n) is 11.1. The van der Waals surface area contributed by atoms with Gasteiger partial charge in [-0.25, -0.2) is 0 Å². The van der Waals surface area contributed by atoms with Crippen molar-refractivity contribution in [1.82, 2.24) is 20.0 Å². The molecule has 0 aromatic carbocycles. The van der Waals surface area contributed by atoms with E-state index in [0.29, 0.717) is 6.04 Å². The average Bonchev–Trinajstić information content (AvgIpc) is 3.30. The SMILES string of the molecule is CC1CCCN1CCNC(=C(C#N)C#N)N1CCC(CN2CCCC2C)CC1. The summed E-state index contributed by atoms with van der Waals surface area (Å²) in [6.45, 7) is 11.9. The second kappa shape index (κ2) is 10.1. The highest BCUT2D eigenvalue weighted by molar-refractivity contribution is 5.39. The van der Waals surface area contributed by atoms with E-state index in [0.717, 1.165) is 63.3 Å². The molecule has 0 aromatic heterocycles. The summed E-state index contributed by atoms with van der Waals surface area (Å²) in [5.41, 5.74) is 0.223. The van der Waals surface area contributed by atoms with E-state index in [9.17, 15) is 10.5 Å². The van der Waals surface area contributed by atoms with Crippen LogP contribution in [0.25, 0.3) is 0 Å². The topological polar surface area (TPSA) is 69.3 Å². The maximum absolute atomic E-state index is 9.44. The lowest BCUT2D eigenvalue weighted by atomic mass is 9.95. The lowest BCUT2D eigenvalue weighted by Gasteiger charge is -2.37. The molecule has 0 spiro atoms. The van der Waals surface area contributed by atoms with Gasteiger partial charge >= 0.3 is 0 Å². The predicted octanol–water partition coefficient (Wildman–Crippen LogP) is 2.52. The van der Waals surface area contributed by atoms with Crippen LogP contribution in [0.15, 0.2) is 11.4 Å². The third-order valence-electron chi connectivity index (χ3n) is 6.96. The normalized spacial score (nSPS) is 26.8. The van der Waals surface area contributed by atoms with Crippen molar-refractivity contribution in [2.24, 2.45) is 5.92 Å². The Bertz CT molecular complexity index is 606. The number of nitrogens with one attached hydrogen (secondary N) is 1. The maximum atomic E-state index is 9.44. The first-order valence-corrected chi connectivity index (χ1v) is 11.1. The number of likely N-dealkylation sites (tertiary alicyclic amines) is 3. The van der Waals surface area contributed by atoms with Crippen molar-refractivity contribution in [2.75, 3.05) is 45.8 Å². The highest BCUT2D eigenvalue weighted by Gasteiger charge is 2.28. The molecule has 2 atom stereocenters. The zero-order valence-electron chi connectivity index (χ0n) is 17.7. The predicted molar refractivity (Wildman–Crippen MR) is 111 cm³/mol. The van der Waals surface area contributed by atoms with Crippen molar-refractivity contribution < 1.29 is 0 Å². The van der Waals surface area contributed by atoms with Crippen LogP contribution in [-0.4, -0.2) is 72.6 Å². The van der Waals surface area contributed by atoms with Gasteiger partial charge in [0.1, 0.15) is 18.0 Å². The molecule has 3 aliphatic rings. The van der Waals surface area contributed by atoms with Crippen LogP contribution < -0.4 is 5.32 Å². The van der Waals surface area contributed by atoms with Crippen LogP contribution in [0.1, 0.15) is 52.4 Å². The third kappa shape index (κ3) is 5.19. The van der Waals surface area contributed by atoms with Crippen LogP contribution in [-0.2, 0) is 0 Å². The molecule has 0 bridgehead atoms. The molecule has 6 nitrogen and oxygen atoms in total. The molecule has 0 radical (unpaired) electrons. The van der Waals surface area contributed by atoms with Crippen LogP contribution >= 0.6 is 0 Å². The minimum absolute atomic E-state index is 0.223. The summed E-state index contributed by atoms with van der Waals surface area (Å²) in [6, 6.07) is 5.58. The van der Waals surface area contributed by atoms with E-state index >= 15 is 0 Å². The van der Waals surface area contributed by atoms with Gasteiger partial charge in [0.05, 0.1) is 0 Å². The zero-order valence-corrected chi connectivity index (χ0v) is 17.7. The van der Waals surface area contributed by atoms with Crippen molar-refractivity contribution in [3.63, 3.8) is 0 Å². The molecular formula is C22H36N6. The Labute approximate surface area is 170 Å². The van der Waals surface area contributed by atoms with Gasteiger partial charge in [-0.3, -0.25) is 4.90 Å². The monoisotopic (exact) mass is 384 g/mol. The molecule has 3 saturated heterocycles. The lowest BCUT2D eigenvalue weighted by Crippen LogP contribution is -2.43. The number of allylic oxidation sites excluding steroid dienone is 1. The summed E-state index contributed by atoms with van der Waals surface area (Å²) in [6.07, 6.45) is 7.49. The summed E-state index contributed by atoms with van der Waals surface area (Å²) >= 11 is 0. The Kier molecular flexibility index (Phi) is 7.59. The van der Waals surface area contributed by atoms with E-state index in [1.54, 1.807) is 0 Å². The number of rotatable bonds is 7. The Morgan fingerprint density at radius 1 is 0.893 bits per heavy atom. The highest BCUT2D eigenvalue weighted by Crippen LogP contribution is 2.25. The molecule has 6 heteroatoms. The number of nitrogens with zero attached hydrogens (tertiary/aromatic N) is 5. The summed E-state index contributed by atoms with van der Waals surface area (Å²) in [7, 11) is 0. The highest BCUT2D eigenvalue weighted by atomic mass is 15.3. The largest absolute Gasteiger partial charge is 0.369 e. The smallest absolute Gasteiger partial charge is 0.169 e. The minimum Gasteiger partial charge on any atom is -0.369 e. The van der Waals surface area contributed by atoms with Gasteiger partial charge in [0.15, 0.2) is 5.57 Å². The fourth-order valence-electron chi connectivity index (χ4n) is 5.07. The summed E-state index contributed by atoms with van der Waals surface area (Å²) in [5.74, 6) is 1.49. The summed E-state index contributed by atoms with van der Waals surface area (Å²) in [5, 5.41) is 22.3. The summed E-state index contributed by atoms with van der Waals surface area (Å²) < 4.78 is 0. The Morgan fingerprint density at radius 2 is 1.50 bits per heavy atom. The van der Waals surface area contributed by atoms with Gasteiger partial charge in [-0.05, 0) is 71.4 Å². The number of nitriles is 2. The van der Waals surface area contributed by atoms with Crippen molar-refractivity contribution in [1.29, 1.82) is 10.5 Å². The van der Waals surface area contributed by atoms with Crippen LogP contribution in [0.2, 0.25) is 0 Å². The average molecular weight is 385 g/mol. The molecule has 0 amide bonds. The van der Waals surface area contributed by atoms with Crippen LogP contribution in [0.5, 0.6) is 0 Å². The zero-order chi connectivity index (χ0) is 19.9. The molecule has 28 heavy (non-hydrogen) atoms. The number of piperidine rings is 1. The molecule has 3 fully saturated rings. The first kappa shape index (κ1) is 21.0. The Morgan fingerprint density at radius 3 is 2.04 bits per heavy atom. The van der Waals surface area contributed by atoms with Crippen LogP contribution in [0, 0.1) is 28.6 Å². The minimum atomic E-state index is 0.223. The maximum Gasteiger partial charge on any atom is 0.169 e. The van der Waals surface area contributed by atoms with E-state index in [1.165, 1.54) is 38.8 Å². The fraction of sp³-hybridized carbons (Fsp3) is 0.818. The molecule has 0 saturated carbocycles. The van der Waals surface area contributed by atoms with Gasteiger partial charge in [-0.1, -0.05) is 0 Å². The van der Waals surface area contributed by atoms with Crippen LogP contribution in [0.4, 0.5) is 0 Å². The van der Waals surface area contributed by atoms with Gasteiger partial charge in [0, 0.05) is 44.8 Å². The van der Waals surface area contributed by atoms with E-state index in [4.69, 9.17) is 0 Å². The standard InChI is InChI=1S/C22H36N6/c1-18-5-3-10-26(18)14-9-25-22(21(15-23)16-24)27-12-7-20(8-13-27)17-28-11-4-6-19(28)2/h18-20,25H,3-14,17H2,1-2H3. The third-order valence-corrected chi connectivity index (χ3v) is 6.96. The van der Waals surface area contributed by atoms with Gasteiger partial charge in [0.2, 0.25) is 0 Å². The second-order valence-corrected chi connectivity index (χ2v) is 8.82. The first-order chi connectivity index (χ1) is 13.6. The van der Waals surface area contributed by atoms with Crippen molar-refractivity contribution >= 4 is 0 Å². The molecule has 3 rings (SSSR count). The molecule has 0 aromatic rings. The fourth-order valence-corrected chi connectivity index (χ4v) is 5.07. The molecule has 0 aliphatic carbocycles. The van der Waals surface area contributed by atoms with Crippen molar-refractivity contribution in [3.05, 3.63) is 11.4 Å². The van der Waals surface area contributed by atoms with E-state index in [-0.39, 0.29) is 5.57 Å². The van der Waals surface area contributed by atoms with E-state index in [1.807, 2.05) is 0 Å². The molecule has 3 heterocycles. The van der Waals surface area contributed by atoms with Gasteiger partial charge in [-0.2, -0.15) is 10.5 Å². The number of hydrogen-bond acceptors (Lipinski definition) is 6. The van der Waals surface area contributed by atoms with Gasteiger partial charge < -0.3 is 15.1 Å². The van der Waals surface area contributed by atoms with Crippen molar-refractivity contribution in [2.45, 2.75) is 64.5 Å². The molecule has 154 valence electrons. The molecule has 3 aliphatic heterocycles. The number of hydrogen-bond donors (Lipinski definition) is 1. The summed E-state index contributed by atoms with van der Waals surface area (Å²) in [4.78, 5) is 7.37. The van der Waals surface area contributed by atoms with Crippen molar-refractivity contribution in [3.8, 4) is 12.1 Å². The van der Waals surface area contributed by atoms with Gasteiger partial charge in [-0.15, -0.1) is 0 Å². The lowest BCUT2D eigenvalue weighted by molar-refractivity contribution is 0.154. The van der Waals surface area contributed by atoms with Crippen LogP contribution in [0.3, 0.4) is 0 Å². The molecule has 1 N–H and O–H groups in total. The van der Waals surface area contributed by atoms with E-state index in [2.05, 4.69) is 46.0 Å². The Hall–Kier alpha value is -1.76. The Balaban J connectivity index is 1.52. The quantitative estimate of drug-likeness (QED) is 0.680. The molecular weight excluding hydrogens is 348 g/mol. The van der Waals surface area contributed by atoms with Gasteiger partial charge in [0.25, 0.3) is 0 Å².